The van der Waals surface area contributed by atoms with E-state index in [2.05, 4.69) is 34.6 Å². The third-order valence-corrected chi connectivity index (χ3v) is 12.8. The summed E-state index contributed by atoms with van der Waals surface area (Å²) >= 11 is 0. The fourth-order valence-electron chi connectivity index (χ4n) is 10.7. The van der Waals surface area contributed by atoms with Gasteiger partial charge in [0.15, 0.2) is 0 Å². The van der Waals surface area contributed by atoms with Crippen molar-refractivity contribution >= 4 is 11.6 Å². The summed E-state index contributed by atoms with van der Waals surface area (Å²) in [5.74, 6) is 0.605. The molecule has 34 heavy (non-hydrogen) atoms. The Kier molecular flexibility index (Phi) is 5.28. The number of hydrogen-bond acceptors (Lipinski definition) is 4. The minimum Gasteiger partial charge on any atom is -0.395 e. The van der Waals surface area contributed by atoms with Crippen LogP contribution in [0.5, 0.6) is 0 Å². The van der Waals surface area contributed by atoms with Crippen LogP contribution in [-0.2, 0) is 9.59 Å². The van der Waals surface area contributed by atoms with Crippen molar-refractivity contribution in [1.29, 1.82) is 0 Å². The van der Waals surface area contributed by atoms with E-state index in [0.29, 0.717) is 18.3 Å². The van der Waals surface area contributed by atoms with Crippen LogP contribution in [0, 0.1) is 50.7 Å². The third kappa shape index (κ3) is 2.63. The fourth-order valence-corrected chi connectivity index (χ4v) is 10.7. The van der Waals surface area contributed by atoms with Gasteiger partial charge in [-0.05, 0) is 102 Å². The Balaban J connectivity index is 1.62. The Morgan fingerprint density at radius 3 is 2.15 bits per heavy atom. The van der Waals surface area contributed by atoms with Crippen molar-refractivity contribution < 1.29 is 19.8 Å². The van der Waals surface area contributed by atoms with Crippen molar-refractivity contribution in [1.82, 2.24) is 0 Å². The number of ketones is 2. The lowest BCUT2D eigenvalue weighted by atomic mass is 9.33. The van der Waals surface area contributed by atoms with Gasteiger partial charge in [0.2, 0.25) is 11.6 Å². The molecule has 0 aromatic carbocycles. The molecule has 0 aromatic rings. The molecule has 4 heteroatoms. The molecular formula is C30H46O4. The fraction of sp³-hybridized carbons (Fsp3) is 0.867. The number of carbonyl (C=O) groups excluding carboxylic acids is 2. The van der Waals surface area contributed by atoms with Gasteiger partial charge in [0, 0.05) is 5.57 Å². The SMILES string of the molecule is CC(C)C1=C2C3CCC4C5(C)CCC(O)C(C)(C)C5CCC4(C)C3(C)CC[C@@]2(CO)C(=O)C1=O. The van der Waals surface area contributed by atoms with Crippen LogP contribution in [0.1, 0.15) is 99.8 Å². The van der Waals surface area contributed by atoms with E-state index in [4.69, 9.17) is 0 Å². The largest absolute Gasteiger partial charge is 0.395 e. The summed E-state index contributed by atoms with van der Waals surface area (Å²) in [5, 5.41) is 21.4. The minimum absolute atomic E-state index is 0.00152. The first kappa shape index (κ1) is 24.7. The van der Waals surface area contributed by atoms with E-state index in [9.17, 15) is 19.8 Å². The highest BCUT2D eigenvalue weighted by atomic mass is 16.3. The molecule has 4 nitrogen and oxygen atoms in total. The van der Waals surface area contributed by atoms with Gasteiger partial charge in [0.25, 0.3) is 0 Å². The van der Waals surface area contributed by atoms with Crippen LogP contribution < -0.4 is 0 Å². The molecule has 7 unspecified atom stereocenters. The maximum atomic E-state index is 13.3. The average Bonchev–Trinajstić information content (AvgIpc) is 2.99. The zero-order valence-electron chi connectivity index (χ0n) is 22.5. The normalized spacial score (nSPS) is 50.1. The molecule has 0 amide bonds. The van der Waals surface area contributed by atoms with Gasteiger partial charge in [0.1, 0.15) is 0 Å². The summed E-state index contributed by atoms with van der Waals surface area (Å²) in [7, 11) is 0. The Morgan fingerprint density at radius 1 is 0.853 bits per heavy atom. The molecule has 0 bridgehead atoms. The van der Waals surface area contributed by atoms with Crippen LogP contribution in [0.2, 0.25) is 0 Å². The molecule has 0 saturated heterocycles. The molecular weight excluding hydrogens is 424 g/mol. The van der Waals surface area contributed by atoms with Gasteiger partial charge in [-0.15, -0.1) is 0 Å². The second-order valence-corrected chi connectivity index (χ2v) is 14.4. The van der Waals surface area contributed by atoms with Crippen molar-refractivity contribution in [3.8, 4) is 0 Å². The lowest BCUT2D eigenvalue weighted by Gasteiger charge is -2.72. The van der Waals surface area contributed by atoms with Crippen molar-refractivity contribution in [2.24, 2.45) is 50.7 Å². The molecule has 4 saturated carbocycles. The van der Waals surface area contributed by atoms with Crippen molar-refractivity contribution in [2.75, 3.05) is 6.61 Å². The van der Waals surface area contributed by atoms with Gasteiger partial charge < -0.3 is 10.2 Å². The second-order valence-electron chi connectivity index (χ2n) is 14.4. The highest BCUT2D eigenvalue weighted by Crippen LogP contribution is 2.76. The number of allylic oxidation sites excluding steroid dienone is 1. The Labute approximate surface area is 206 Å². The van der Waals surface area contributed by atoms with E-state index in [1.54, 1.807) is 0 Å². The molecule has 5 aliphatic carbocycles. The van der Waals surface area contributed by atoms with Crippen LogP contribution in [0.4, 0.5) is 0 Å². The number of aliphatic hydroxyl groups is 2. The summed E-state index contributed by atoms with van der Waals surface area (Å²) in [6, 6.07) is 0. The Hall–Kier alpha value is -1.00. The maximum absolute atomic E-state index is 13.3. The van der Waals surface area contributed by atoms with Crippen LogP contribution in [0.15, 0.2) is 11.1 Å². The van der Waals surface area contributed by atoms with Gasteiger partial charge in [-0.25, -0.2) is 0 Å². The number of hydrogen-bond donors (Lipinski definition) is 2. The zero-order valence-corrected chi connectivity index (χ0v) is 22.5. The van der Waals surface area contributed by atoms with E-state index >= 15 is 0 Å². The number of fused-ring (bicyclic) bond motifs is 7. The predicted molar refractivity (Wildman–Crippen MR) is 133 cm³/mol. The Bertz CT molecular complexity index is 961. The van der Waals surface area contributed by atoms with Crippen molar-refractivity contribution in [2.45, 2.75) is 106 Å². The first-order valence-corrected chi connectivity index (χ1v) is 13.8. The molecule has 0 aliphatic heterocycles. The molecule has 2 N–H and O–H groups in total. The molecule has 190 valence electrons. The van der Waals surface area contributed by atoms with Gasteiger partial charge in [0.05, 0.1) is 18.1 Å². The molecule has 4 fully saturated rings. The topological polar surface area (TPSA) is 74.6 Å². The number of rotatable bonds is 2. The van der Waals surface area contributed by atoms with Crippen LogP contribution in [-0.4, -0.2) is 34.5 Å². The summed E-state index contributed by atoms with van der Waals surface area (Å²) in [6.45, 7) is 15.9. The summed E-state index contributed by atoms with van der Waals surface area (Å²) in [6.07, 6.45) is 7.60. The molecule has 8 atom stereocenters. The molecule has 5 aliphatic rings. The highest BCUT2D eigenvalue weighted by Gasteiger charge is 2.71. The van der Waals surface area contributed by atoms with Gasteiger partial charge in [-0.3, -0.25) is 9.59 Å². The molecule has 0 radical (unpaired) electrons. The summed E-state index contributed by atoms with van der Waals surface area (Å²) in [5.41, 5.74) is 1.03. The average molecular weight is 471 g/mol. The monoisotopic (exact) mass is 470 g/mol. The zero-order chi connectivity index (χ0) is 25.1. The maximum Gasteiger partial charge on any atom is 0.225 e. The van der Waals surface area contributed by atoms with Crippen molar-refractivity contribution in [3.63, 3.8) is 0 Å². The third-order valence-electron chi connectivity index (χ3n) is 12.8. The minimum atomic E-state index is -0.970. The van der Waals surface area contributed by atoms with E-state index in [-0.39, 0.29) is 57.8 Å². The summed E-state index contributed by atoms with van der Waals surface area (Å²) in [4.78, 5) is 26.5. The van der Waals surface area contributed by atoms with Crippen LogP contribution >= 0.6 is 0 Å². The predicted octanol–water partition coefficient (Wildman–Crippen LogP) is 5.50. The first-order chi connectivity index (χ1) is 15.7. The van der Waals surface area contributed by atoms with Gasteiger partial charge >= 0.3 is 0 Å². The Morgan fingerprint density at radius 2 is 1.53 bits per heavy atom. The highest BCUT2D eigenvalue weighted by molar-refractivity contribution is 6.49. The number of Topliss-reactive ketones (excluding diaryl/α,β-unsaturated/α-hetero) is 2. The lowest BCUT2D eigenvalue weighted by Crippen LogP contribution is -2.66. The summed E-state index contributed by atoms with van der Waals surface area (Å²) < 4.78 is 0. The lowest BCUT2D eigenvalue weighted by molar-refractivity contribution is -0.228. The van der Waals surface area contributed by atoms with E-state index in [0.717, 1.165) is 56.1 Å². The standard InChI is InChI=1S/C30H46O4/c1-17(2)22-23-18-8-9-20-27(5)12-11-21(32)26(3,4)19(27)10-13-29(20,7)28(18,6)14-15-30(23,16-31)25(34)24(22)33/h17-21,31-32H,8-16H2,1-7H3/t18?,19?,20?,21?,27?,28?,29?,30-/m0/s1. The van der Waals surface area contributed by atoms with Gasteiger partial charge in [-0.2, -0.15) is 0 Å². The van der Waals surface area contributed by atoms with E-state index in [1.807, 2.05) is 13.8 Å². The number of carbonyl (C=O) groups is 2. The quantitative estimate of drug-likeness (QED) is 0.523. The molecule has 5 rings (SSSR count). The second kappa shape index (κ2) is 7.28. The van der Waals surface area contributed by atoms with Crippen LogP contribution in [0.3, 0.4) is 0 Å². The molecule has 0 spiro atoms. The molecule has 0 aromatic heterocycles. The smallest absolute Gasteiger partial charge is 0.225 e. The van der Waals surface area contributed by atoms with E-state index < -0.39 is 5.41 Å². The van der Waals surface area contributed by atoms with E-state index in [1.165, 1.54) is 0 Å². The molecule has 0 heterocycles. The van der Waals surface area contributed by atoms with Crippen molar-refractivity contribution in [3.05, 3.63) is 11.1 Å². The van der Waals surface area contributed by atoms with Crippen LogP contribution in [0.25, 0.3) is 0 Å². The first-order valence-electron chi connectivity index (χ1n) is 13.8. The number of aliphatic hydroxyl groups excluding tert-OH is 2. The van der Waals surface area contributed by atoms with Gasteiger partial charge in [-0.1, -0.05) is 48.5 Å².